The number of H-pyrrole nitrogens is 1. The molecule has 1 unspecified atom stereocenters. The van der Waals surface area contributed by atoms with Gasteiger partial charge in [-0.25, -0.2) is 0 Å². The highest BCUT2D eigenvalue weighted by Gasteiger charge is 2.56. The third kappa shape index (κ3) is 4.97. The second kappa shape index (κ2) is 9.39. The Morgan fingerprint density at radius 1 is 1.06 bits per heavy atom. The van der Waals surface area contributed by atoms with Crippen LogP contribution in [0, 0.1) is 0 Å². The van der Waals surface area contributed by atoms with Gasteiger partial charge in [0.2, 0.25) is 0 Å². The fourth-order valence-corrected chi connectivity index (χ4v) is 4.47. The number of aromatic amines is 1. The molecule has 0 aliphatic rings. The lowest BCUT2D eigenvalue weighted by atomic mass is 9.74. The average Bonchev–Trinajstić information content (AvgIpc) is 3.36. The summed E-state index contributed by atoms with van der Waals surface area (Å²) in [5, 5.41) is 14.1. The van der Waals surface area contributed by atoms with Gasteiger partial charge in [-0.05, 0) is 53.8 Å². The molecule has 36 heavy (non-hydrogen) atoms. The van der Waals surface area contributed by atoms with Crippen LogP contribution in [0.5, 0.6) is 5.75 Å². The molecule has 1 atom stereocenters. The van der Waals surface area contributed by atoms with E-state index < -0.39 is 30.2 Å². The number of rotatable bonds is 8. The van der Waals surface area contributed by atoms with Gasteiger partial charge in [0, 0.05) is 34.5 Å². The van der Waals surface area contributed by atoms with Crippen molar-refractivity contribution in [2.75, 3.05) is 19.0 Å². The number of aromatic nitrogens is 1. The van der Waals surface area contributed by atoms with Crippen LogP contribution >= 0.6 is 0 Å². The van der Waals surface area contributed by atoms with Crippen molar-refractivity contribution in [3.63, 3.8) is 0 Å². The highest BCUT2D eigenvalue weighted by atomic mass is 19.4. The third-order valence-electron chi connectivity index (χ3n) is 6.39. The lowest BCUT2D eigenvalue weighted by molar-refractivity contribution is -0.260. The molecule has 0 saturated heterocycles. The highest BCUT2D eigenvalue weighted by molar-refractivity contribution is 5.81. The van der Waals surface area contributed by atoms with E-state index in [0.29, 0.717) is 27.9 Å². The smallest absolute Gasteiger partial charge is 0.418 e. The van der Waals surface area contributed by atoms with Crippen molar-refractivity contribution in [2.45, 2.75) is 37.5 Å². The second-order valence-electron chi connectivity index (χ2n) is 9.47. The van der Waals surface area contributed by atoms with Gasteiger partial charge in [-0.3, -0.25) is 4.79 Å². The number of hydrogen-bond donors (Lipinski definition) is 3. The average molecular weight is 501 g/mol. The lowest BCUT2D eigenvalue weighted by Crippen LogP contribution is -2.53. The number of methoxy groups -OCH3 is 1. The predicted octanol–water partition coefficient (Wildman–Crippen LogP) is 5.87. The van der Waals surface area contributed by atoms with Gasteiger partial charge in [0.15, 0.2) is 11.0 Å². The standard InChI is InChI=1S/C27H27F3N2O4/c1-25(2,21-12-17(4-7-24(21)35-3)18-9-11-36-14-18)15-26(34,27(28,29)30)16-32-19-5-6-20-22(13-19)31-10-8-23(20)33/h4-14,32,34H,15-16H2,1-3H3,(H,31,33). The molecule has 4 rings (SSSR count). The van der Waals surface area contributed by atoms with Gasteiger partial charge in [0.25, 0.3) is 0 Å². The van der Waals surface area contributed by atoms with E-state index in [4.69, 9.17) is 9.15 Å². The zero-order chi connectivity index (χ0) is 26.1. The molecule has 4 aromatic rings. The Kier molecular flexibility index (Phi) is 6.62. The molecule has 0 aliphatic carbocycles. The largest absolute Gasteiger partial charge is 0.496 e. The van der Waals surface area contributed by atoms with Crippen LogP contribution in [0.3, 0.4) is 0 Å². The van der Waals surface area contributed by atoms with Crippen molar-refractivity contribution in [2.24, 2.45) is 0 Å². The highest BCUT2D eigenvalue weighted by Crippen LogP contribution is 2.44. The van der Waals surface area contributed by atoms with E-state index in [1.165, 1.54) is 43.8 Å². The summed E-state index contributed by atoms with van der Waals surface area (Å²) in [7, 11) is 1.45. The first kappa shape index (κ1) is 25.4. The van der Waals surface area contributed by atoms with E-state index in [0.717, 1.165) is 11.1 Å². The van der Waals surface area contributed by atoms with Gasteiger partial charge in [-0.15, -0.1) is 0 Å². The number of nitrogens with one attached hydrogen (secondary N) is 2. The Balaban J connectivity index is 1.64. The molecule has 0 radical (unpaired) electrons. The summed E-state index contributed by atoms with van der Waals surface area (Å²) in [4.78, 5) is 14.8. The van der Waals surface area contributed by atoms with Crippen LogP contribution < -0.4 is 15.5 Å². The number of benzene rings is 2. The minimum atomic E-state index is -4.92. The van der Waals surface area contributed by atoms with Crippen molar-refractivity contribution in [3.05, 3.63) is 83.0 Å². The zero-order valence-electron chi connectivity index (χ0n) is 20.1. The number of aliphatic hydroxyl groups is 1. The molecule has 2 heterocycles. The van der Waals surface area contributed by atoms with Crippen molar-refractivity contribution < 1.29 is 27.4 Å². The number of hydrogen-bond acceptors (Lipinski definition) is 5. The maximum Gasteiger partial charge on any atom is 0.418 e. The van der Waals surface area contributed by atoms with Crippen LogP contribution in [0.4, 0.5) is 18.9 Å². The first-order valence-electron chi connectivity index (χ1n) is 11.3. The van der Waals surface area contributed by atoms with Crippen LogP contribution in [-0.2, 0) is 5.41 Å². The van der Waals surface area contributed by atoms with Crippen LogP contribution in [0.15, 0.2) is 76.5 Å². The first-order valence-corrected chi connectivity index (χ1v) is 11.3. The molecule has 0 aliphatic heterocycles. The quantitative estimate of drug-likeness (QED) is 0.282. The van der Waals surface area contributed by atoms with Gasteiger partial charge < -0.3 is 24.6 Å². The van der Waals surface area contributed by atoms with Crippen LogP contribution in [0.25, 0.3) is 22.0 Å². The van der Waals surface area contributed by atoms with E-state index in [2.05, 4.69) is 10.3 Å². The number of halogens is 3. The van der Waals surface area contributed by atoms with E-state index >= 15 is 0 Å². The number of anilines is 1. The monoisotopic (exact) mass is 500 g/mol. The van der Waals surface area contributed by atoms with E-state index in [-0.39, 0.29) is 5.43 Å². The third-order valence-corrected chi connectivity index (χ3v) is 6.39. The van der Waals surface area contributed by atoms with E-state index in [9.17, 15) is 23.1 Å². The molecule has 2 aromatic carbocycles. The summed E-state index contributed by atoms with van der Waals surface area (Å²) in [6.45, 7) is 2.50. The van der Waals surface area contributed by atoms with Gasteiger partial charge in [0.05, 0.1) is 31.7 Å². The summed E-state index contributed by atoms with van der Waals surface area (Å²) in [6, 6.07) is 13.0. The molecule has 0 saturated carbocycles. The topological polar surface area (TPSA) is 87.5 Å². The fraction of sp³-hybridized carbons (Fsp3) is 0.296. The molecule has 0 bridgehead atoms. The van der Waals surface area contributed by atoms with Gasteiger partial charge in [0.1, 0.15) is 5.75 Å². The molecule has 6 nitrogen and oxygen atoms in total. The van der Waals surface area contributed by atoms with Crippen molar-refractivity contribution in [1.29, 1.82) is 0 Å². The second-order valence-corrected chi connectivity index (χ2v) is 9.47. The molecule has 9 heteroatoms. The van der Waals surface area contributed by atoms with Crippen LogP contribution in [0.2, 0.25) is 0 Å². The Labute approximate surface area is 205 Å². The van der Waals surface area contributed by atoms with E-state index in [1.807, 2.05) is 0 Å². The van der Waals surface area contributed by atoms with Crippen molar-refractivity contribution >= 4 is 16.6 Å². The fourth-order valence-electron chi connectivity index (χ4n) is 4.47. The molecule has 0 amide bonds. The Bertz CT molecular complexity index is 1410. The maximum atomic E-state index is 14.3. The minimum absolute atomic E-state index is 0.199. The van der Waals surface area contributed by atoms with Crippen molar-refractivity contribution in [3.8, 4) is 16.9 Å². The SMILES string of the molecule is COc1ccc(-c2ccoc2)cc1C(C)(C)CC(O)(CNc1ccc2c(=O)cc[nH]c2c1)C(F)(F)F. The maximum absolute atomic E-state index is 14.3. The molecular weight excluding hydrogens is 473 g/mol. The number of fused-ring (bicyclic) bond motifs is 1. The summed E-state index contributed by atoms with van der Waals surface area (Å²) in [6.07, 6.45) is -1.02. The number of ether oxygens (including phenoxy) is 1. The Morgan fingerprint density at radius 3 is 2.50 bits per heavy atom. The number of furan rings is 1. The van der Waals surface area contributed by atoms with Gasteiger partial charge in [-0.1, -0.05) is 19.9 Å². The zero-order valence-corrected chi connectivity index (χ0v) is 20.1. The summed E-state index contributed by atoms with van der Waals surface area (Å²) < 4.78 is 53.4. The molecule has 2 aromatic heterocycles. The molecule has 0 fully saturated rings. The summed E-state index contributed by atoms with van der Waals surface area (Å²) in [5.74, 6) is 0.420. The molecular formula is C27H27F3N2O4. The Morgan fingerprint density at radius 2 is 1.83 bits per heavy atom. The van der Waals surface area contributed by atoms with Gasteiger partial charge >= 0.3 is 6.18 Å². The number of alkyl halides is 3. The minimum Gasteiger partial charge on any atom is -0.496 e. The van der Waals surface area contributed by atoms with Gasteiger partial charge in [-0.2, -0.15) is 13.2 Å². The van der Waals surface area contributed by atoms with Crippen molar-refractivity contribution in [1.82, 2.24) is 4.98 Å². The molecule has 190 valence electrons. The normalized spacial score (nSPS) is 14.0. The number of pyridine rings is 1. The first-order chi connectivity index (χ1) is 16.9. The summed E-state index contributed by atoms with van der Waals surface area (Å²) in [5.41, 5.74) is -1.53. The van der Waals surface area contributed by atoms with E-state index in [1.54, 1.807) is 44.4 Å². The predicted molar refractivity (Wildman–Crippen MR) is 132 cm³/mol. The summed E-state index contributed by atoms with van der Waals surface area (Å²) >= 11 is 0. The molecule has 0 spiro atoms. The molecule has 3 N–H and O–H groups in total. The lowest BCUT2D eigenvalue weighted by Gasteiger charge is -2.38. The van der Waals surface area contributed by atoms with Crippen LogP contribution in [0.1, 0.15) is 25.8 Å². The van der Waals surface area contributed by atoms with Crippen LogP contribution in [-0.4, -0.2) is 35.5 Å². The Hall–Kier alpha value is -3.72.